The fraction of sp³-hybridized carbons (Fsp3) is 0.692. The Morgan fingerprint density at radius 3 is 2.67 bits per heavy atom. The Kier molecular flexibility index (Phi) is 6.86. The van der Waals surface area contributed by atoms with Crippen LogP contribution in [0.3, 0.4) is 0 Å². The van der Waals surface area contributed by atoms with Gasteiger partial charge in [-0.15, -0.1) is 11.8 Å². The van der Waals surface area contributed by atoms with Gasteiger partial charge in [-0.25, -0.2) is 0 Å². The molecule has 15 heavy (non-hydrogen) atoms. The summed E-state index contributed by atoms with van der Waals surface area (Å²) in [6.07, 6.45) is 10.6. The van der Waals surface area contributed by atoms with Crippen molar-refractivity contribution in [2.75, 3.05) is 18.8 Å². The number of allylic oxidation sites excluding steroid dienone is 3. The van der Waals surface area contributed by atoms with Crippen molar-refractivity contribution in [3.8, 4) is 0 Å². The summed E-state index contributed by atoms with van der Waals surface area (Å²) in [5.41, 5.74) is 0. The van der Waals surface area contributed by atoms with E-state index in [1.54, 1.807) is 0 Å². The van der Waals surface area contributed by atoms with E-state index in [9.17, 15) is 0 Å². The number of hydrogen-bond acceptors (Lipinski definition) is 2. The van der Waals surface area contributed by atoms with Crippen LogP contribution in [-0.4, -0.2) is 18.8 Å². The zero-order valence-corrected chi connectivity index (χ0v) is 10.8. The fourth-order valence-corrected chi connectivity index (χ4v) is 2.99. The maximum absolute atomic E-state index is 3.42. The monoisotopic (exact) mass is 225 g/mol. The van der Waals surface area contributed by atoms with Gasteiger partial charge in [-0.05, 0) is 57.9 Å². The molecule has 1 saturated heterocycles. The highest BCUT2D eigenvalue weighted by Gasteiger charge is 2.12. The quantitative estimate of drug-likeness (QED) is 0.718. The lowest BCUT2D eigenvalue weighted by atomic mass is 9.96. The lowest BCUT2D eigenvalue weighted by molar-refractivity contribution is 0.367. The molecule has 0 amide bonds. The molecule has 0 aromatic rings. The molecular formula is C13H23NS. The van der Waals surface area contributed by atoms with Crippen molar-refractivity contribution in [1.82, 2.24) is 5.32 Å². The zero-order valence-electron chi connectivity index (χ0n) is 9.96. The molecule has 0 spiro atoms. The largest absolute Gasteiger partial charge is 0.317 e. The third-order valence-electron chi connectivity index (χ3n) is 2.87. The Balaban J connectivity index is 2.14. The molecule has 0 unspecified atom stereocenters. The molecule has 0 saturated carbocycles. The molecule has 1 rings (SSSR count). The van der Waals surface area contributed by atoms with Crippen LogP contribution in [0.2, 0.25) is 0 Å². The Labute approximate surface area is 98.4 Å². The van der Waals surface area contributed by atoms with Crippen LogP contribution < -0.4 is 5.32 Å². The van der Waals surface area contributed by atoms with E-state index < -0.39 is 0 Å². The van der Waals surface area contributed by atoms with Crippen LogP contribution in [0.25, 0.3) is 0 Å². The predicted molar refractivity (Wildman–Crippen MR) is 71.2 cm³/mol. The highest BCUT2D eigenvalue weighted by atomic mass is 32.2. The Morgan fingerprint density at radius 2 is 2.07 bits per heavy atom. The van der Waals surface area contributed by atoms with E-state index in [1.807, 2.05) is 11.8 Å². The summed E-state index contributed by atoms with van der Waals surface area (Å²) in [6, 6.07) is 0. The van der Waals surface area contributed by atoms with Gasteiger partial charge in [0.05, 0.1) is 0 Å². The normalized spacial score (nSPS) is 20.0. The van der Waals surface area contributed by atoms with Gasteiger partial charge < -0.3 is 5.32 Å². The smallest absolute Gasteiger partial charge is 0.00259 e. The molecule has 86 valence electrons. The highest BCUT2D eigenvalue weighted by Crippen LogP contribution is 2.23. The van der Waals surface area contributed by atoms with Crippen LogP contribution in [0.5, 0.6) is 0 Å². The minimum absolute atomic E-state index is 0.961. The SMILES string of the molecule is C/C=C\C(=C/C)SCCC1CCNCC1. The van der Waals surface area contributed by atoms with Crippen LogP contribution in [0.1, 0.15) is 33.1 Å². The first-order chi connectivity index (χ1) is 7.36. The topological polar surface area (TPSA) is 12.0 Å². The summed E-state index contributed by atoms with van der Waals surface area (Å²) >= 11 is 1.99. The molecule has 1 aliphatic heterocycles. The van der Waals surface area contributed by atoms with Gasteiger partial charge in [-0.3, -0.25) is 0 Å². The number of nitrogens with one attached hydrogen (secondary N) is 1. The average Bonchev–Trinajstić information content (AvgIpc) is 2.29. The second-order valence-electron chi connectivity index (χ2n) is 4.02. The summed E-state index contributed by atoms with van der Waals surface area (Å²) in [5, 5.41) is 3.42. The van der Waals surface area contributed by atoms with E-state index in [0.717, 1.165) is 5.92 Å². The van der Waals surface area contributed by atoms with E-state index in [2.05, 4.69) is 37.4 Å². The summed E-state index contributed by atoms with van der Waals surface area (Å²) in [7, 11) is 0. The average molecular weight is 225 g/mol. The van der Waals surface area contributed by atoms with Crippen LogP contribution in [-0.2, 0) is 0 Å². The van der Waals surface area contributed by atoms with Gasteiger partial charge in [0.15, 0.2) is 0 Å². The van der Waals surface area contributed by atoms with Crippen molar-refractivity contribution in [1.29, 1.82) is 0 Å². The second kappa shape index (κ2) is 8.00. The van der Waals surface area contributed by atoms with Gasteiger partial charge in [0, 0.05) is 4.91 Å². The Bertz CT molecular complexity index is 215. The molecule has 1 heterocycles. The number of hydrogen-bond donors (Lipinski definition) is 1. The standard InChI is InChI=1S/C13H23NS/c1-3-5-13(4-2)15-11-8-12-6-9-14-10-7-12/h3-5,12,14H,6-11H2,1-2H3/b5-3-,13-4+. The number of thioether (sulfide) groups is 1. The Hall–Kier alpha value is -0.210. The number of piperidine rings is 1. The molecule has 0 aromatic carbocycles. The zero-order chi connectivity index (χ0) is 10.9. The molecule has 0 aromatic heterocycles. The van der Waals surface area contributed by atoms with Crippen LogP contribution in [0, 0.1) is 5.92 Å². The first kappa shape index (κ1) is 12.9. The minimum atomic E-state index is 0.961. The third kappa shape index (κ3) is 5.43. The summed E-state index contributed by atoms with van der Waals surface area (Å²) < 4.78 is 0. The van der Waals surface area contributed by atoms with Gasteiger partial charge in [0.1, 0.15) is 0 Å². The molecule has 0 aliphatic carbocycles. The van der Waals surface area contributed by atoms with Crippen molar-refractivity contribution >= 4 is 11.8 Å². The summed E-state index contributed by atoms with van der Waals surface area (Å²) in [5.74, 6) is 2.23. The fourth-order valence-electron chi connectivity index (χ4n) is 1.91. The molecule has 1 aliphatic rings. The molecule has 0 radical (unpaired) electrons. The lowest BCUT2D eigenvalue weighted by Crippen LogP contribution is -2.27. The maximum atomic E-state index is 3.42. The summed E-state index contributed by atoms with van der Waals surface area (Å²) in [4.78, 5) is 1.41. The van der Waals surface area contributed by atoms with Crippen molar-refractivity contribution in [2.45, 2.75) is 33.1 Å². The van der Waals surface area contributed by atoms with Crippen LogP contribution in [0.15, 0.2) is 23.1 Å². The molecule has 1 nitrogen and oxygen atoms in total. The van der Waals surface area contributed by atoms with Crippen LogP contribution in [0.4, 0.5) is 0 Å². The van der Waals surface area contributed by atoms with Crippen molar-refractivity contribution in [2.24, 2.45) is 5.92 Å². The van der Waals surface area contributed by atoms with E-state index in [-0.39, 0.29) is 0 Å². The van der Waals surface area contributed by atoms with Crippen molar-refractivity contribution in [3.63, 3.8) is 0 Å². The van der Waals surface area contributed by atoms with E-state index in [4.69, 9.17) is 0 Å². The van der Waals surface area contributed by atoms with Crippen molar-refractivity contribution in [3.05, 3.63) is 23.1 Å². The van der Waals surface area contributed by atoms with E-state index in [0.29, 0.717) is 0 Å². The predicted octanol–water partition coefficient (Wildman–Crippen LogP) is 3.59. The van der Waals surface area contributed by atoms with Gasteiger partial charge in [-0.2, -0.15) is 0 Å². The third-order valence-corrected chi connectivity index (χ3v) is 4.01. The van der Waals surface area contributed by atoms with Gasteiger partial charge in [-0.1, -0.05) is 18.2 Å². The minimum Gasteiger partial charge on any atom is -0.317 e. The van der Waals surface area contributed by atoms with Gasteiger partial charge in [0.25, 0.3) is 0 Å². The second-order valence-corrected chi connectivity index (χ2v) is 5.19. The van der Waals surface area contributed by atoms with Crippen molar-refractivity contribution < 1.29 is 0 Å². The van der Waals surface area contributed by atoms with Gasteiger partial charge in [0.2, 0.25) is 0 Å². The van der Waals surface area contributed by atoms with Gasteiger partial charge >= 0.3 is 0 Å². The Morgan fingerprint density at radius 1 is 1.33 bits per heavy atom. The first-order valence-corrected chi connectivity index (χ1v) is 6.98. The molecular weight excluding hydrogens is 202 g/mol. The van der Waals surface area contributed by atoms with E-state index >= 15 is 0 Å². The van der Waals surface area contributed by atoms with Crippen LogP contribution >= 0.6 is 11.8 Å². The first-order valence-electron chi connectivity index (χ1n) is 5.99. The highest BCUT2D eigenvalue weighted by molar-refractivity contribution is 8.03. The lowest BCUT2D eigenvalue weighted by Gasteiger charge is -2.22. The summed E-state index contributed by atoms with van der Waals surface area (Å²) in [6.45, 7) is 6.64. The molecule has 0 bridgehead atoms. The van der Waals surface area contributed by atoms with E-state index in [1.165, 1.54) is 43.0 Å². The molecule has 2 heteroatoms. The molecule has 1 N–H and O–H groups in total. The maximum Gasteiger partial charge on any atom is 0.00259 e. The molecule has 0 atom stereocenters. The molecule has 1 fully saturated rings. The number of rotatable bonds is 5.